The molecule has 1 saturated heterocycles. The van der Waals surface area contributed by atoms with E-state index in [4.69, 9.17) is 4.52 Å². The third-order valence-electron chi connectivity index (χ3n) is 4.99. The number of aromatic nitrogens is 2. The molecular formula is C21H22N4O3S. The van der Waals surface area contributed by atoms with Gasteiger partial charge in [-0.1, -0.05) is 5.16 Å². The summed E-state index contributed by atoms with van der Waals surface area (Å²) in [6.07, 6.45) is 1.61. The smallest absolute Gasteiger partial charge is 0.263 e. The number of amides is 2. The zero-order valence-corrected chi connectivity index (χ0v) is 17.2. The van der Waals surface area contributed by atoms with Gasteiger partial charge in [0.15, 0.2) is 0 Å². The van der Waals surface area contributed by atoms with Crippen molar-refractivity contribution in [2.24, 2.45) is 0 Å². The van der Waals surface area contributed by atoms with Gasteiger partial charge in [-0.05, 0) is 56.2 Å². The first-order valence-corrected chi connectivity index (χ1v) is 10.4. The Labute approximate surface area is 172 Å². The highest BCUT2D eigenvalue weighted by Gasteiger charge is 2.28. The molecule has 0 saturated carbocycles. The lowest BCUT2D eigenvalue weighted by atomic mass is 9.96. The average molecular weight is 410 g/mol. The van der Waals surface area contributed by atoms with E-state index in [1.165, 1.54) is 18.3 Å². The van der Waals surface area contributed by atoms with Crippen LogP contribution in [0.2, 0.25) is 0 Å². The molecule has 0 spiro atoms. The third kappa shape index (κ3) is 4.37. The molecule has 4 rings (SSSR count). The average Bonchev–Trinajstić information content (AvgIpc) is 3.37. The molecule has 0 atom stereocenters. The number of anilines is 1. The number of hydrogen-bond acceptors (Lipinski definition) is 6. The summed E-state index contributed by atoms with van der Waals surface area (Å²) < 4.78 is 5.50. The Morgan fingerprint density at radius 2 is 1.86 bits per heavy atom. The van der Waals surface area contributed by atoms with Gasteiger partial charge in [0.25, 0.3) is 5.91 Å². The van der Waals surface area contributed by atoms with E-state index in [-0.39, 0.29) is 17.7 Å². The number of likely N-dealkylation sites (tertiary alicyclic amines) is 1. The second-order valence-corrected chi connectivity index (χ2v) is 8.48. The van der Waals surface area contributed by atoms with Gasteiger partial charge in [0.1, 0.15) is 0 Å². The summed E-state index contributed by atoms with van der Waals surface area (Å²) >= 11 is 1.54. The van der Waals surface area contributed by atoms with Crippen molar-refractivity contribution < 1.29 is 14.1 Å². The maximum Gasteiger partial charge on any atom is 0.263 e. The number of aryl methyl sites for hydroxylation is 1. The van der Waals surface area contributed by atoms with Gasteiger partial charge in [-0.15, -0.1) is 11.3 Å². The van der Waals surface area contributed by atoms with Crippen molar-refractivity contribution in [3.8, 4) is 11.4 Å². The Morgan fingerprint density at radius 3 is 2.48 bits per heavy atom. The van der Waals surface area contributed by atoms with E-state index in [2.05, 4.69) is 15.5 Å². The second kappa shape index (κ2) is 8.16. The number of benzene rings is 1. The van der Waals surface area contributed by atoms with Crippen molar-refractivity contribution in [3.05, 3.63) is 52.0 Å². The van der Waals surface area contributed by atoms with E-state index in [1.807, 2.05) is 48.2 Å². The van der Waals surface area contributed by atoms with Crippen LogP contribution in [0.3, 0.4) is 0 Å². The SMILES string of the molecule is CC(=O)Nc1ccc(-c2noc(C3CCN(C(=O)c4ccc(C)s4)CC3)n2)cc1. The van der Waals surface area contributed by atoms with Crippen LogP contribution < -0.4 is 5.32 Å². The molecule has 3 heterocycles. The van der Waals surface area contributed by atoms with Gasteiger partial charge in [-0.3, -0.25) is 9.59 Å². The minimum atomic E-state index is -0.112. The van der Waals surface area contributed by atoms with E-state index in [0.717, 1.165) is 33.8 Å². The maximum absolute atomic E-state index is 12.6. The van der Waals surface area contributed by atoms with Crippen molar-refractivity contribution in [1.82, 2.24) is 15.0 Å². The Balaban J connectivity index is 1.38. The number of rotatable bonds is 4. The monoisotopic (exact) mass is 410 g/mol. The molecule has 29 heavy (non-hydrogen) atoms. The van der Waals surface area contributed by atoms with Gasteiger partial charge >= 0.3 is 0 Å². The second-order valence-electron chi connectivity index (χ2n) is 7.19. The molecular weight excluding hydrogens is 388 g/mol. The van der Waals surface area contributed by atoms with E-state index < -0.39 is 0 Å². The van der Waals surface area contributed by atoms with E-state index in [9.17, 15) is 9.59 Å². The summed E-state index contributed by atoms with van der Waals surface area (Å²) in [5.41, 5.74) is 1.55. The maximum atomic E-state index is 12.6. The first-order chi connectivity index (χ1) is 14.0. The minimum Gasteiger partial charge on any atom is -0.339 e. The van der Waals surface area contributed by atoms with Crippen LogP contribution in [-0.4, -0.2) is 39.9 Å². The van der Waals surface area contributed by atoms with E-state index >= 15 is 0 Å². The molecule has 7 nitrogen and oxygen atoms in total. The van der Waals surface area contributed by atoms with Gasteiger partial charge in [0.05, 0.1) is 4.88 Å². The summed E-state index contributed by atoms with van der Waals surface area (Å²) in [7, 11) is 0. The Bertz CT molecular complexity index is 1020. The zero-order chi connectivity index (χ0) is 20.4. The van der Waals surface area contributed by atoms with Gasteiger partial charge in [-0.25, -0.2) is 0 Å². The first kappa shape index (κ1) is 19.3. The van der Waals surface area contributed by atoms with Crippen LogP contribution in [0.5, 0.6) is 0 Å². The summed E-state index contributed by atoms with van der Waals surface area (Å²) in [6.45, 7) is 4.85. The molecule has 2 amide bonds. The van der Waals surface area contributed by atoms with Crippen molar-refractivity contribution in [2.75, 3.05) is 18.4 Å². The molecule has 0 bridgehead atoms. The largest absolute Gasteiger partial charge is 0.339 e. The topological polar surface area (TPSA) is 88.3 Å². The molecule has 1 aliphatic rings. The zero-order valence-electron chi connectivity index (χ0n) is 16.3. The highest BCUT2D eigenvalue weighted by atomic mass is 32.1. The number of nitrogens with one attached hydrogen (secondary N) is 1. The lowest BCUT2D eigenvalue weighted by Gasteiger charge is -2.30. The number of piperidine rings is 1. The first-order valence-electron chi connectivity index (χ1n) is 9.57. The highest BCUT2D eigenvalue weighted by Crippen LogP contribution is 2.30. The number of carbonyl (C=O) groups excluding carboxylic acids is 2. The van der Waals surface area contributed by atoms with Gasteiger partial charge in [-0.2, -0.15) is 4.98 Å². The fourth-order valence-corrected chi connectivity index (χ4v) is 4.29. The Kier molecular flexibility index (Phi) is 5.44. The van der Waals surface area contributed by atoms with Crippen LogP contribution in [-0.2, 0) is 4.79 Å². The van der Waals surface area contributed by atoms with Crippen LogP contribution in [0, 0.1) is 6.92 Å². The molecule has 8 heteroatoms. The molecule has 3 aromatic rings. The molecule has 1 aromatic carbocycles. The fourth-order valence-electron chi connectivity index (χ4n) is 3.46. The molecule has 1 aliphatic heterocycles. The Hall–Kier alpha value is -3.00. The fraction of sp³-hybridized carbons (Fsp3) is 0.333. The van der Waals surface area contributed by atoms with Crippen molar-refractivity contribution in [2.45, 2.75) is 32.6 Å². The number of nitrogens with zero attached hydrogens (tertiary/aromatic N) is 3. The van der Waals surface area contributed by atoms with Crippen LogP contribution in [0.15, 0.2) is 40.9 Å². The third-order valence-corrected chi connectivity index (χ3v) is 5.98. The highest BCUT2D eigenvalue weighted by molar-refractivity contribution is 7.13. The molecule has 2 aromatic heterocycles. The predicted molar refractivity (Wildman–Crippen MR) is 111 cm³/mol. The van der Waals surface area contributed by atoms with Crippen molar-refractivity contribution >= 4 is 28.8 Å². The normalized spacial score (nSPS) is 14.8. The van der Waals surface area contributed by atoms with E-state index in [0.29, 0.717) is 24.8 Å². The van der Waals surface area contributed by atoms with Crippen molar-refractivity contribution in [1.29, 1.82) is 0 Å². The summed E-state index contributed by atoms with van der Waals surface area (Å²) in [4.78, 5) is 32.1. The molecule has 1 fully saturated rings. The molecule has 1 N–H and O–H groups in total. The number of thiophene rings is 1. The van der Waals surface area contributed by atoms with Crippen LogP contribution >= 0.6 is 11.3 Å². The lowest BCUT2D eigenvalue weighted by Crippen LogP contribution is -2.37. The summed E-state index contributed by atoms with van der Waals surface area (Å²) in [5, 5.41) is 6.84. The minimum absolute atomic E-state index is 0.104. The van der Waals surface area contributed by atoms with E-state index in [1.54, 1.807) is 0 Å². The standard InChI is InChI=1S/C21H22N4O3S/c1-13-3-8-18(29-13)21(27)25-11-9-16(10-12-25)20-23-19(24-28-20)15-4-6-17(7-5-15)22-14(2)26/h3-8,16H,9-12H2,1-2H3,(H,22,26). The van der Waals surface area contributed by atoms with Gasteiger partial charge < -0.3 is 14.7 Å². The predicted octanol–water partition coefficient (Wildman–Crippen LogP) is 4.08. The van der Waals surface area contributed by atoms with Crippen molar-refractivity contribution in [3.63, 3.8) is 0 Å². The lowest BCUT2D eigenvalue weighted by molar-refractivity contribution is -0.114. The molecule has 0 aliphatic carbocycles. The summed E-state index contributed by atoms with van der Waals surface area (Å²) in [6, 6.07) is 11.2. The molecule has 150 valence electrons. The number of hydrogen-bond donors (Lipinski definition) is 1. The van der Waals surface area contributed by atoms with Gasteiger partial charge in [0, 0.05) is 42.1 Å². The molecule has 0 radical (unpaired) electrons. The summed E-state index contributed by atoms with van der Waals surface area (Å²) in [5.74, 6) is 1.29. The quantitative estimate of drug-likeness (QED) is 0.700. The van der Waals surface area contributed by atoms with Crippen LogP contribution in [0.25, 0.3) is 11.4 Å². The number of carbonyl (C=O) groups is 2. The van der Waals surface area contributed by atoms with Crippen LogP contribution in [0.1, 0.15) is 46.1 Å². The molecule has 0 unspecified atom stereocenters. The van der Waals surface area contributed by atoms with Gasteiger partial charge in [0.2, 0.25) is 17.6 Å². The van der Waals surface area contributed by atoms with Crippen LogP contribution in [0.4, 0.5) is 5.69 Å². The Morgan fingerprint density at radius 1 is 1.14 bits per heavy atom.